The van der Waals surface area contributed by atoms with Crippen LogP contribution in [0.1, 0.15) is 0 Å². The lowest BCUT2D eigenvalue weighted by molar-refractivity contribution is 0.156. The minimum absolute atomic E-state index is 0.438. The molecule has 7 heteroatoms. The van der Waals surface area contributed by atoms with E-state index in [0.29, 0.717) is 31.3 Å². The van der Waals surface area contributed by atoms with Gasteiger partial charge >= 0.3 is 6.09 Å². The molecule has 0 atom stereocenters. The summed E-state index contributed by atoms with van der Waals surface area (Å²) < 4.78 is 5.63. The molecule has 2 aromatic rings. The molecule has 2 N–H and O–H groups in total. The Morgan fingerprint density at radius 1 is 1.41 bits per heavy atom. The molecule has 0 aliphatic heterocycles. The highest BCUT2D eigenvalue weighted by atomic mass is 35.5. The number of benzene rings is 1. The fraction of sp³-hybridized carbons (Fsp3) is 0.333. The average molecular weight is 324 g/mol. The lowest BCUT2D eigenvalue weighted by atomic mass is 10.2. The van der Waals surface area contributed by atoms with E-state index in [9.17, 15) is 4.79 Å². The smallest absolute Gasteiger partial charge is 0.407 e. The molecule has 0 unspecified atom stereocenters. The number of carboxylic acid groups (broad SMARTS) is 1. The zero-order chi connectivity index (χ0) is 15.9. The predicted octanol–water partition coefficient (Wildman–Crippen LogP) is 2.47. The van der Waals surface area contributed by atoms with E-state index in [1.807, 2.05) is 18.2 Å². The second-order valence-corrected chi connectivity index (χ2v) is 5.18. The molecule has 6 nitrogen and oxygen atoms in total. The van der Waals surface area contributed by atoms with E-state index in [-0.39, 0.29) is 0 Å². The molecular weight excluding hydrogens is 306 g/mol. The van der Waals surface area contributed by atoms with Gasteiger partial charge < -0.3 is 20.1 Å². The Bertz CT molecular complexity index is 651. The number of hydrogen-bond acceptors (Lipinski definition) is 4. The predicted molar refractivity (Wildman–Crippen MR) is 85.8 cm³/mol. The summed E-state index contributed by atoms with van der Waals surface area (Å²) in [6, 6.07) is 7.34. The molecule has 0 saturated heterocycles. The number of likely N-dealkylation sites (N-methyl/N-ethyl adjacent to an activating group) is 1. The molecule has 0 aliphatic carbocycles. The monoisotopic (exact) mass is 323 g/mol. The first-order valence-corrected chi connectivity index (χ1v) is 7.27. The van der Waals surface area contributed by atoms with Crippen molar-refractivity contribution in [3.8, 4) is 5.75 Å². The Morgan fingerprint density at radius 2 is 2.23 bits per heavy atom. The van der Waals surface area contributed by atoms with Crippen LogP contribution in [0.5, 0.6) is 5.75 Å². The first-order valence-electron chi connectivity index (χ1n) is 6.90. The standard InChI is InChI=1S/C15H18ClN3O3/c1-19(15(20)21)8-6-17-7-9-22-11-2-3-12-13(16)4-5-18-14(12)10-11/h2-5,10,17H,6-9H2,1H3,(H,20,21). The first-order chi connectivity index (χ1) is 10.6. The van der Waals surface area contributed by atoms with Gasteiger partial charge in [0.25, 0.3) is 0 Å². The van der Waals surface area contributed by atoms with Crippen LogP contribution < -0.4 is 10.1 Å². The van der Waals surface area contributed by atoms with E-state index in [2.05, 4.69) is 10.3 Å². The third kappa shape index (κ3) is 4.47. The van der Waals surface area contributed by atoms with E-state index in [0.717, 1.165) is 16.7 Å². The van der Waals surface area contributed by atoms with Crippen LogP contribution in [0.4, 0.5) is 4.79 Å². The van der Waals surface area contributed by atoms with Crippen LogP contribution in [-0.2, 0) is 0 Å². The topological polar surface area (TPSA) is 74.7 Å². The average Bonchev–Trinajstić information content (AvgIpc) is 2.50. The Kier molecular flexibility index (Phi) is 5.80. The third-order valence-electron chi connectivity index (χ3n) is 3.16. The van der Waals surface area contributed by atoms with Gasteiger partial charge in [0.2, 0.25) is 0 Å². The zero-order valence-corrected chi connectivity index (χ0v) is 13.0. The fourth-order valence-corrected chi connectivity index (χ4v) is 2.11. The molecule has 118 valence electrons. The SMILES string of the molecule is CN(CCNCCOc1ccc2c(Cl)ccnc2c1)C(=O)O. The summed E-state index contributed by atoms with van der Waals surface area (Å²) >= 11 is 6.08. The fourth-order valence-electron chi connectivity index (χ4n) is 1.89. The van der Waals surface area contributed by atoms with Crippen molar-refractivity contribution in [2.24, 2.45) is 0 Å². The zero-order valence-electron chi connectivity index (χ0n) is 12.3. The van der Waals surface area contributed by atoms with Crippen LogP contribution in [0.25, 0.3) is 10.9 Å². The highest BCUT2D eigenvalue weighted by Gasteiger charge is 2.04. The Labute approximate surface area is 133 Å². The summed E-state index contributed by atoms with van der Waals surface area (Å²) in [5, 5.41) is 13.4. The molecule has 0 aliphatic rings. The Balaban J connectivity index is 1.75. The number of aromatic nitrogens is 1. The number of carbonyl (C=O) groups is 1. The van der Waals surface area contributed by atoms with Crippen LogP contribution in [0, 0.1) is 0 Å². The molecule has 22 heavy (non-hydrogen) atoms. The van der Waals surface area contributed by atoms with Crippen LogP contribution in [0.2, 0.25) is 5.02 Å². The number of nitrogens with zero attached hydrogens (tertiary/aromatic N) is 2. The van der Waals surface area contributed by atoms with Gasteiger partial charge in [-0.25, -0.2) is 4.79 Å². The number of amides is 1. The number of fused-ring (bicyclic) bond motifs is 1. The molecule has 0 bridgehead atoms. The molecule has 0 saturated carbocycles. The maximum Gasteiger partial charge on any atom is 0.407 e. The maximum absolute atomic E-state index is 10.6. The minimum atomic E-state index is -0.930. The van der Waals surface area contributed by atoms with Crippen LogP contribution >= 0.6 is 11.6 Å². The number of nitrogens with one attached hydrogen (secondary N) is 1. The van der Waals surface area contributed by atoms with Gasteiger partial charge in [0.1, 0.15) is 12.4 Å². The highest BCUT2D eigenvalue weighted by molar-refractivity contribution is 6.35. The molecular formula is C15H18ClN3O3. The number of halogens is 1. The van der Waals surface area contributed by atoms with E-state index >= 15 is 0 Å². The van der Waals surface area contributed by atoms with Crippen molar-refractivity contribution in [2.75, 3.05) is 33.3 Å². The Hall–Kier alpha value is -2.05. The van der Waals surface area contributed by atoms with E-state index in [1.165, 1.54) is 11.9 Å². The summed E-state index contributed by atoms with van der Waals surface area (Å²) in [7, 11) is 1.54. The molecule has 0 radical (unpaired) electrons. The number of ether oxygens (including phenoxy) is 1. The molecule has 2 rings (SSSR count). The maximum atomic E-state index is 10.6. The van der Waals surface area contributed by atoms with E-state index in [4.69, 9.17) is 21.4 Å². The third-order valence-corrected chi connectivity index (χ3v) is 3.49. The number of pyridine rings is 1. The largest absolute Gasteiger partial charge is 0.492 e. The number of hydrogen-bond donors (Lipinski definition) is 2. The van der Waals surface area contributed by atoms with Crippen molar-refractivity contribution in [2.45, 2.75) is 0 Å². The van der Waals surface area contributed by atoms with Gasteiger partial charge in [-0.05, 0) is 18.2 Å². The normalized spacial score (nSPS) is 10.6. The van der Waals surface area contributed by atoms with Crippen LogP contribution in [-0.4, -0.2) is 54.4 Å². The van der Waals surface area contributed by atoms with Crippen molar-refractivity contribution in [1.82, 2.24) is 15.2 Å². The summed E-state index contributed by atoms with van der Waals surface area (Å²) in [6.45, 7) is 2.14. The second kappa shape index (κ2) is 7.82. The summed E-state index contributed by atoms with van der Waals surface area (Å²) in [6.07, 6.45) is 0.731. The molecule has 1 aromatic heterocycles. The van der Waals surface area contributed by atoms with Gasteiger partial charge in [0, 0.05) is 44.3 Å². The summed E-state index contributed by atoms with van der Waals surface area (Å²) in [4.78, 5) is 16.1. The van der Waals surface area contributed by atoms with E-state index < -0.39 is 6.09 Å². The Morgan fingerprint density at radius 3 is 3.00 bits per heavy atom. The highest BCUT2D eigenvalue weighted by Crippen LogP contribution is 2.24. The first kappa shape index (κ1) is 16.3. The van der Waals surface area contributed by atoms with Gasteiger partial charge in [-0.15, -0.1) is 0 Å². The van der Waals surface area contributed by atoms with Gasteiger partial charge in [0.05, 0.1) is 10.5 Å². The van der Waals surface area contributed by atoms with Gasteiger partial charge in [0.15, 0.2) is 0 Å². The van der Waals surface area contributed by atoms with Gasteiger partial charge in [-0.3, -0.25) is 4.98 Å². The summed E-state index contributed by atoms with van der Waals surface area (Å²) in [5.41, 5.74) is 0.793. The van der Waals surface area contributed by atoms with Crippen LogP contribution in [0.3, 0.4) is 0 Å². The van der Waals surface area contributed by atoms with Crippen molar-refractivity contribution >= 4 is 28.6 Å². The number of rotatable bonds is 7. The molecule has 1 heterocycles. The minimum Gasteiger partial charge on any atom is -0.492 e. The van der Waals surface area contributed by atoms with Crippen molar-refractivity contribution in [3.63, 3.8) is 0 Å². The molecule has 0 fully saturated rings. The quantitative estimate of drug-likeness (QED) is 0.766. The molecule has 0 spiro atoms. The van der Waals surface area contributed by atoms with E-state index in [1.54, 1.807) is 12.3 Å². The lowest BCUT2D eigenvalue weighted by Gasteiger charge is -2.13. The summed E-state index contributed by atoms with van der Waals surface area (Å²) in [5.74, 6) is 0.728. The van der Waals surface area contributed by atoms with Gasteiger partial charge in [-0.1, -0.05) is 11.6 Å². The molecule has 1 amide bonds. The van der Waals surface area contributed by atoms with Crippen LogP contribution in [0.15, 0.2) is 30.5 Å². The molecule has 1 aromatic carbocycles. The second-order valence-electron chi connectivity index (χ2n) is 4.77. The van der Waals surface area contributed by atoms with Crippen molar-refractivity contribution < 1.29 is 14.6 Å². The lowest BCUT2D eigenvalue weighted by Crippen LogP contribution is -2.34. The van der Waals surface area contributed by atoms with Crippen molar-refractivity contribution in [1.29, 1.82) is 0 Å². The van der Waals surface area contributed by atoms with Crippen molar-refractivity contribution in [3.05, 3.63) is 35.5 Å². The van der Waals surface area contributed by atoms with Gasteiger partial charge in [-0.2, -0.15) is 0 Å².